The molecule has 6 nitrogen and oxygen atoms in total. The molecule has 0 fully saturated rings. The van der Waals surface area contributed by atoms with Crippen LogP contribution in [-0.4, -0.2) is 18.4 Å². The van der Waals surface area contributed by atoms with Crippen molar-refractivity contribution in [1.29, 1.82) is 5.26 Å². The number of anilines is 1. The Morgan fingerprint density at radius 1 is 1.14 bits per heavy atom. The Morgan fingerprint density at radius 3 is 2.43 bits per heavy atom. The Bertz CT molecular complexity index is 829. The zero-order chi connectivity index (χ0) is 15.6. The van der Waals surface area contributed by atoms with Gasteiger partial charge >= 0.3 is 0 Å². The highest BCUT2D eigenvalue weighted by Crippen LogP contribution is 2.25. The lowest BCUT2D eigenvalue weighted by Gasteiger charge is -2.09. The fourth-order valence-electron chi connectivity index (χ4n) is 1.42. The summed E-state index contributed by atoms with van der Waals surface area (Å²) >= 11 is 17.1. The highest BCUT2D eigenvalue weighted by Gasteiger charge is 2.19. The number of aromatic nitrogens is 2. The fourth-order valence-corrected chi connectivity index (χ4v) is 3.37. The van der Waals surface area contributed by atoms with Gasteiger partial charge in [-0.1, -0.05) is 23.2 Å². The molecule has 1 N–H and O–H groups in total. The molecule has 0 unspecified atom stereocenters. The van der Waals surface area contributed by atoms with Crippen LogP contribution >= 0.6 is 34.8 Å². The molecular weight excluding hydrogens is 359 g/mol. The second-order valence-electron chi connectivity index (χ2n) is 3.71. The minimum absolute atomic E-state index is 0.0152. The molecule has 0 spiro atoms. The van der Waals surface area contributed by atoms with Gasteiger partial charge in [0.25, 0.3) is 10.0 Å². The summed E-state index contributed by atoms with van der Waals surface area (Å²) in [5.74, 6) is -0.0968. The maximum atomic E-state index is 12.2. The van der Waals surface area contributed by atoms with Crippen LogP contribution in [0.15, 0.2) is 29.2 Å². The highest BCUT2D eigenvalue weighted by molar-refractivity contribution is 7.92. The molecule has 0 bridgehead atoms. The molecule has 0 amide bonds. The number of nitriles is 1. The van der Waals surface area contributed by atoms with Gasteiger partial charge in [0.05, 0.1) is 16.7 Å². The van der Waals surface area contributed by atoms with Crippen molar-refractivity contribution >= 4 is 50.6 Å². The maximum absolute atomic E-state index is 12.2. The van der Waals surface area contributed by atoms with E-state index < -0.39 is 10.0 Å². The fraction of sp³-hybridized carbons (Fsp3) is 0. The van der Waals surface area contributed by atoms with Crippen molar-refractivity contribution in [3.8, 4) is 6.07 Å². The Kier molecular flexibility index (Phi) is 4.54. The van der Waals surface area contributed by atoms with Crippen LogP contribution in [-0.2, 0) is 10.0 Å². The van der Waals surface area contributed by atoms with Crippen molar-refractivity contribution in [2.45, 2.75) is 4.90 Å². The monoisotopic (exact) mass is 362 g/mol. The van der Waals surface area contributed by atoms with E-state index in [0.717, 1.165) is 0 Å². The van der Waals surface area contributed by atoms with E-state index in [2.05, 4.69) is 14.7 Å². The molecule has 2 rings (SSSR count). The van der Waals surface area contributed by atoms with Crippen LogP contribution in [0.2, 0.25) is 15.5 Å². The summed E-state index contributed by atoms with van der Waals surface area (Å²) in [6.45, 7) is 0. The molecule has 21 heavy (non-hydrogen) atoms. The lowest BCUT2D eigenvalue weighted by Crippen LogP contribution is -2.14. The van der Waals surface area contributed by atoms with Gasteiger partial charge < -0.3 is 0 Å². The van der Waals surface area contributed by atoms with Gasteiger partial charge in [0.15, 0.2) is 0 Å². The largest absolute Gasteiger partial charge is 0.264 e. The van der Waals surface area contributed by atoms with E-state index in [0.29, 0.717) is 0 Å². The summed E-state index contributed by atoms with van der Waals surface area (Å²) in [5.41, 5.74) is 0.243. The Labute approximate surface area is 135 Å². The number of nitrogens with one attached hydrogen (secondary N) is 1. The summed E-state index contributed by atoms with van der Waals surface area (Å²) in [4.78, 5) is 7.09. The summed E-state index contributed by atoms with van der Waals surface area (Å²) in [5, 5.41) is 8.42. The molecule has 0 saturated heterocycles. The van der Waals surface area contributed by atoms with Gasteiger partial charge in [-0.25, -0.2) is 13.4 Å². The molecule has 0 radical (unpaired) electrons. The van der Waals surface area contributed by atoms with E-state index in [-0.39, 0.29) is 31.7 Å². The average molecular weight is 364 g/mol. The van der Waals surface area contributed by atoms with E-state index in [4.69, 9.17) is 40.1 Å². The average Bonchev–Trinajstić information content (AvgIpc) is 2.36. The molecule has 0 aliphatic carbocycles. The number of benzene rings is 1. The first kappa shape index (κ1) is 15.8. The van der Waals surface area contributed by atoms with E-state index in [1.165, 1.54) is 24.3 Å². The molecule has 0 aliphatic heterocycles. The summed E-state index contributed by atoms with van der Waals surface area (Å²) in [6, 6.07) is 6.85. The SMILES string of the molecule is N#Cc1ccc(S(=O)(=O)Nc2cc(Cl)nc(Cl)n2)c(Cl)c1. The standard InChI is InChI=1S/C11H5Cl3N4O2S/c12-7-3-6(5-15)1-2-8(7)21(19,20)18-10-4-9(13)16-11(14)17-10/h1-4H,(H,16,17,18). The van der Waals surface area contributed by atoms with E-state index >= 15 is 0 Å². The Morgan fingerprint density at radius 2 is 1.86 bits per heavy atom. The van der Waals surface area contributed by atoms with Crippen molar-refractivity contribution in [2.24, 2.45) is 0 Å². The first-order valence-electron chi connectivity index (χ1n) is 5.24. The van der Waals surface area contributed by atoms with Gasteiger partial charge in [0.1, 0.15) is 15.9 Å². The smallest absolute Gasteiger partial charge is 0.263 e. The van der Waals surface area contributed by atoms with Crippen LogP contribution in [0.3, 0.4) is 0 Å². The predicted octanol–water partition coefficient (Wildman–Crippen LogP) is 3.11. The van der Waals surface area contributed by atoms with Gasteiger partial charge in [0.2, 0.25) is 5.28 Å². The Balaban J connectivity index is 2.41. The topological polar surface area (TPSA) is 95.7 Å². The van der Waals surface area contributed by atoms with Crippen LogP contribution in [0.4, 0.5) is 5.82 Å². The van der Waals surface area contributed by atoms with Crippen molar-refractivity contribution in [2.75, 3.05) is 4.72 Å². The van der Waals surface area contributed by atoms with Crippen molar-refractivity contribution in [1.82, 2.24) is 9.97 Å². The first-order valence-corrected chi connectivity index (χ1v) is 7.86. The van der Waals surface area contributed by atoms with Crippen molar-refractivity contribution in [3.05, 3.63) is 45.3 Å². The van der Waals surface area contributed by atoms with Crippen LogP contribution in [0.5, 0.6) is 0 Å². The lowest BCUT2D eigenvalue weighted by molar-refractivity contribution is 0.601. The van der Waals surface area contributed by atoms with Crippen molar-refractivity contribution in [3.63, 3.8) is 0 Å². The number of sulfonamides is 1. The zero-order valence-corrected chi connectivity index (χ0v) is 13.1. The number of hydrogen-bond acceptors (Lipinski definition) is 5. The maximum Gasteiger partial charge on any atom is 0.264 e. The molecule has 1 aromatic heterocycles. The van der Waals surface area contributed by atoms with E-state index in [1.807, 2.05) is 6.07 Å². The van der Waals surface area contributed by atoms with Gasteiger partial charge in [-0.05, 0) is 29.8 Å². The van der Waals surface area contributed by atoms with E-state index in [9.17, 15) is 8.42 Å². The third-order valence-electron chi connectivity index (χ3n) is 2.26. The molecule has 10 heteroatoms. The van der Waals surface area contributed by atoms with Crippen LogP contribution in [0.1, 0.15) is 5.56 Å². The van der Waals surface area contributed by atoms with E-state index in [1.54, 1.807) is 0 Å². The third kappa shape index (κ3) is 3.74. The van der Waals surface area contributed by atoms with Crippen LogP contribution in [0, 0.1) is 11.3 Å². The minimum Gasteiger partial charge on any atom is -0.263 e. The lowest BCUT2D eigenvalue weighted by atomic mass is 10.2. The molecule has 1 aromatic carbocycles. The molecule has 108 valence electrons. The highest BCUT2D eigenvalue weighted by atomic mass is 35.5. The number of halogens is 3. The third-order valence-corrected chi connectivity index (χ3v) is 4.46. The molecule has 0 saturated carbocycles. The molecule has 0 atom stereocenters. The normalized spacial score (nSPS) is 11.0. The van der Waals surface area contributed by atoms with Crippen molar-refractivity contribution < 1.29 is 8.42 Å². The van der Waals surface area contributed by atoms with Crippen LogP contribution < -0.4 is 4.72 Å². The second kappa shape index (κ2) is 6.03. The zero-order valence-electron chi connectivity index (χ0n) is 10.0. The summed E-state index contributed by atoms with van der Waals surface area (Å²) < 4.78 is 26.6. The first-order chi connectivity index (χ1) is 9.81. The minimum atomic E-state index is -4.00. The molecular formula is C11H5Cl3N4O2S. The molecule has 0 aliphatic rings. The van der Waals surface area contributed by atoms with Gasteiger partial charge in [-0.15, -0.1) is 0 Å². The predicted molar refractivity (Wildman–Crippen MR) is 79.0 cm³/mol. The Hall–Kier alpha value is -1.59. The number of nitrogens with zero attached hydrogens (tertiary/aromatic N) is 3. The number of rotatable bonds is 3. The van der Waals surface area contributed by atoms with Gasteiger partial charge in [0, 0.05) is 6.07 Å². The summed E-state index contributed by atoms with van der Waals surface area (Å²) in [7, 11) is -4.00. The van der Waals surface area contributed by atoms with Crippen LogP contribution in [0.25, 0.3) is 0 Å². The molecule has 2 aromatic rings. The molecule has 1 heterocycles. The van der Waals surface area contributed by atoms with Gasteiger partial charge in [-0.2, -0.15) is 10.2 Å². The second-order valence-corrected chi connectivity index (χ2v) is 6.49. The quantitative estimate of drug-likeness (QED) is 0.667. The van der Waals surface area contributed by atoms with Gasteiger partial charge in [-0.3, -0.25) is 4.72 Å². The number of hydrogen-bond donors (Lipinski definition) is 1. The summed E-state index contributed by atoms with van der Waals surface area (Å²) in [6.07, 6.45) is 0.